The maximum absolute atomic E-state index is 13.0. The molecule has 2 amide bonds. The van der Waals surface area contributed by atoms with Gasteiger partial charge in [0.15, 0.2) is 23.3 Å². The highest BCUT2D eigenvalue weighted by Gasteiger charge is 2.33. The van der Waals surface area contributed by atoms with E-state index >= 15 is 0 Å². The first-order chi connectivity index (χ1) is 60.2. The first-order valence-electron chi connectivity index (χ1n) is 38.8. The van der Waals surface area contributed by atoms with Gasteiger partial charge in [0.2, 0.25) is 32.4 Å². The van der Waals surface area contributed by atoms with Crippen LogP contribution in [0.5, 0.6) is 11.5 Å². The number of rotatable bonds is 25. The summed E-state index contributed by atoms with van der Waals surface area (Å²) in [6.07, 6.45) is 0.207. The predicted octanol–water partition coefficient (Wildman–Crippen LogP) is 20.4. The van der Waals surface area contributed by atoms with E-state index in [9.17, 15) is 54.1 Å². The second-order valence-corrected chi connectivity index (χ2v) is 33.5. The largest absolute Gasteiger partial charge is 0.507 e. The van der Waals surface area contributed by atoms with Crippen molar-refractivity contribution in [1.82, 2.24) is 65.6 Å². The molecule has 16 aromatic rings. The van der Waals surface area contributed by atoms with Crippen LogP contribution in [0.1, 0.15) is 47.1 Å². The zero-order valence-electron chi connectivity index (χ0n) is 68.1. The zero-order valence-corrected chi connectivity index (χ0v) is 72.1. The summed E-state index contributed by atoms with van der Waals surface area (Å²) in [5.41, 5.74) is 10.9. The number of methoxy groups -OCH3 is 1. The number of aromatic hydroxyl groups is 1. The van der Waals surface area contributed by atoms with E-state index in [0.717, 1.165) is 93.3 Å². The second-order valence-electron chi connectivity index (χ2n) is 29.3. The van der Waals surface area contributed by atoms with Gasteiger partial charge in [0, 0.05) is 77.1 Å². The first kappa shape index (κ1) is 89.7. The SMILES string of the molecule is C.CC(=O)CSc1n[nH]c(-c2cc(-c3cc(Cl)c4ccccc4c3)cc([N+](=O)[O-])c2)n1.CC(=O)CSc1n[nH]c(-c2cc(-c3ccc4cc(C)ccc4c3)cc([N+](=O)[O-])c2)n1.CC(=O)CSc1n[nH]c(-c2cc(NC(=O)C3CC(=O)N(C)C3)cc(-c3ccc4ccccc4c3)c2)n1.COc1ccc2cc(-c3ccc(O)c(-c4nc(SCC(C)=O)n[nH]4)c3)ccc2c1. The van der Waals surface area contributed by atoms with Crippen molar-refractivity contribution in [3.8, 4) is 102 Å². The van der Waals surface area contributed by atoms with Gasteiger partial charge in [0.25, 0.3) is 11.4 Å². The van der Waals surface area contributed by atoms with Gasteiger partial charge in [-0.05, 0) is 202 Å². The number of aromatic nitrogens is 12. The Labute approximate surface area is 743 Å². The number of nitrogens with one attached hydrogen (secondary N) is 5. The van der Waals surface area contributed by atoms with Crippen LogP contribution in [-0.2, 0) is 28.8 Å². The van der Waals surface area contributed by atoms with Crippen LogP contribution < -0.4 is 10.1 Å². The molecule has 1 unspecified atom stereocenters. The lowest BCUT2D eigenvalue weighted by Gasteiger charge is -2.14. The van der Waals surface area contributed by atoms with Crippen LogP contribution in [-0.4, -0.2) is 159 Å². The van der Waals surface area contributed by atoms with Crippen LogP contribution >= 0.6 is 58.6 Å². The Morgan fingerprint density at radius 2 is 0.849 bits per heavy atom. The smallest absolute Gasteiger partial charge is 0.270 e. The molecule has 1 atom stereocenters. The summed E-state index contributed by atoms with van der Waals surface area (Å²) in [5.74, 6) is 3.39. The number of carbonyl (C=O) groups is 6. The van der Waals surface area contributed by atoms with Crippen molar-refractivity contribution in [3.63, 3.8) is 0 Å². The summed E-state index contributed by atoms with van der Waals surface area (Å²) in [4.78, 5) is 111. The van der Waals surface area contributed by atoms with Gasteiger partial charge in [-0.25, -0.2) is 19.9 Å². The Hall–Kier alpha value is -14.1. The molecule has 0 radical (unpaired) electrons. The minimum Gasteiger partial charge on any atom is -0.507 e. The number of hydrogen-bond acceptors (Lipinski definition) is 24. The van der Waals surface area contributed by atoms with E-state index < -0.39 is 15.8 Å². The normalized spacial score (nSPS) is 12.2. The van der Waals surface area contributed by atoms with Gasteiger partial charge in [-0.2, -0.15) is 0 Å². The number of nitrogens with zero attached hydrogens (tertiary/aromatic N) is 11. The number of anilines is 1. The quantitative estimate of drug-likeness (QED) is 0.0176. The van der Waals surface area contributed by atoms with E-state index in [1.165, 1.54) is 98.5 Å². The molecule has 1 fully saturated rings. The van der Waals surface area contributed by atoms with Gasteiger partial charge in [-0.1, -0.05) is 187 Å². The number of aryl methyl sites for hydroxylation is 1. The molecule has 1 saturated heterocycles. The Morgan fingerprint density at radius 1 is 0.468 bits per heavy atom. The maximum atomic E-state index is 13.0. The number of Topliss-reactive ketones (excluding diaryl/α,β-unsaturated/α-hetero) is 4. The summed E-state index contributed by atoms with van der Waals surface area (Å²) < 4.78 is 5.28. The standard InChI is InChI=1S/C27H25N5O3S.C22H18N4O3S.C22H19N3O3S.C21H15ClN4O3S.CH4/c1-16(33)15-36-27-29-25(30-31-27)21-10-20(19-8-7-17-5-3-4-6-18(17)9-19)11-23(12-21)28-26(35)22-13-24(34)32(2)14-22;1-13-3-4-16-8-17(6-5-15(16)7-13)18-9-19(11-20(10-18)26(28)29)21-23-22(25-24-21)30-12-14(2)27;1-13(26)12-29-22-23-21(24-25-22)19-11-17(6-8-20(19)27)14-3-4-16-10-18(28-2)7-5-15(16)9-14;1-12(27)11-30-21-23-20(24-25-21)16-7-14(8-17(9-16)26(28)29)15-6-13-4-2-3-5-18(13)19(22)10-15;/h3-12,22H,13-15H2,1-2H3,(H,28,35)(H,29,30,31);3-11H,12H2,1-2H3,(H,23,24,25);3-11,27H,12H2,1-2H3,(H,23,24,25);2-10H,11H2,1H3,(H,23,24,25);1H4. The van der Waals surface area contributed by atoms with Crippen molar-refractivity contribution >= 4 is 154 Å². The van der Waals surface area contributed by atoms with Gasteiger partial charge in [-0.3, -0.25) is 69.4 Å². The fourth-order valence-corrected chi connectivity index (χ4v) is 16.2. The van der Waals surface area contributed by atoms with Crippen LogP contribution in [0.25, 0.3) is 133 Å². The predicted molar refractivity (Wildman–Crippen MR) is 497 cm³/mol. The van der Waals surface area contributed by atoms with Crippen LogP contribution in [0.4, 0.5) is 17.1 Å². The number of ketones is 4. The molecular weight excluding hydrogens is 1700 g/mol. The van der Waals surface area contributed by atoms with E-state index in [1.54, 1.807) is 43.3 Å². The maximum Gasteiger partial charge on any atom is 0.270 e. The highest BCUT2D eigenvalue weighted by molar-refractivity contribution is 8.00. The van der Waals surface area contributed by atoms with Crippen molar-refractivity contribution in [2.24, 2.45) is 5.92 Å². The third-order valence-corrected chi connectivity index (χ3v) is 23.9. The average molecular weight is 1780 g/mol. The summed E-state index contributed by atoms with van der Waals surface area (Å²) in [6.45, 7) is 8.48. The molecule has 12 aromatic carbocycles. The number of nitro benzene ring substituents is 2. The number of non-ortho nitro benzene ring substituents is 2. The molecule has 0 aliphatic carbocycles. The third-order valence-electron chi connectivity index (χ3n) is 19.7. The average Bonchev–Trinajstić information content (AvgIpc) is 1.30. The molecule has 6 N–H and O–H groups in total. The molecular formula is C93H81ClN16O12S4. The Morgan fingerprint density at radius 3 is 1.36 bits per heavy atom. The third kappa shape index (κ3) is 22.7. The highest BCUT2D eigenvalue weighted by Crippen LogP contribution is 2.40. The number of phenols is 1. The lowest BCUT2D eigenvalue weighted by molar-refractivity contribution is -0.384. The van der Waals surface area contributed by atoms with Crippen LogP contribution in [0, 0.1) is 33.1 Å². The van der Waals surface area contributed by atoms with Gasteiger partial charge in [-0.15, -0.1) is 20.4 Å². The number of hydrogen-bond donors (Lipinski definition) is 6. The molecule has 0 saturated carbocycles. The molecule has 636 valence electrons. The van der Waals surface area contributed by atoms with Crippen LogP contribution in [0.2, 0.25) is 5.02 Å². The molecule has 126 heavy (non-hydrogen) atoms. The molecule has 0 bridgehead atoms. The lowest BCUT2D eigenvalue weighted by Crippen LogP contribution is -2.25. The Balaban J connectivity index is 0.000000144. The number of thioether (sulfide) groups is 4. The van der Waals surface area contributed by atoms with Crippen LogP contribution in [0.15, 0.2) is 245 Å². The monoisotopic (exact) mass is 1780 g/mol. The number of amides is 2. The molecule has 1 aliphatic heterocycles. The van der Waals surface area contributed by atoms with E-state index in [2.05, 4.69) is 102 Å². The highest BCUT2D eigenvalue weighted by atomic mass is 35.5. The van der Waals surface area contributed by atoms with Crippen molar-refractivity contribution in [3.05, 3.63) is 255 Å². The number of nitro groups is 2. The van der Waals surface area contributed by atoms with Crippen molar-refractivity contribution in [2.75, 3.05) is 49.0 Å². The van der Waals surface area contributed by atoms with Crippen molar-refractivity contribution in [1.29, 1.82) is 0 Å². The number of benzene rings is 12. The van der Waals surface area contributed by atoms with Gasteiger partial charge >= 0.3 is 0 Å². The Bertz CT molecular complexity index is 6880. The summed E-state index contributed by atoms with van der Waals surface area (Å²) >= 11 is 11.4. The zero-order chi connectivity index (χ0) is 88.1. The summed E-state index contributed by atoms with van der Waals surface area (Å²) in [6, 6.07) is 70.9. The fraction of sp³-hybridized carbons (Fsp3) is 0.161. The number of phenolic OH excluding ortho intramolecular Hbond substituents is 1. The summed E-state index contributed by atoms with van der Waals surface area (Å²) in [7, 11) is 3.36. The van der Waals surface area contributed by atoms with Gasteiger partial charge < -0.3 is 20.1 Å². The van der Waals surface area contributed by atoms with E-state index in [4.69, 9.17) is 16.3 Å². The second kappa shape index (κ2) is 40.5. The Kier molecular flexibility index (Phi) is 28.8. The first-order valence-corrected chi connectivity index (χ1v) is 43.1. The van der Waals surface area contributed by atoms with Crippen LogP contribution in [0.3, 0.4) is 0 Å². The molecule has 33 heteroatoms. The molecule has 5 heterocycles. The molecule has 1 aliphatic rings. The number of ether oxygens (including phenoxy) is 1. The number of halogens is 1. The minimum absolute atomic E-state index is 0. The van der Waals surface area contributed by atoms with Crippen molar-refractivity contribution in [2.45, 2.75) is 69.1 Å². The topological polar surface area (TPSA) is 400 Å². The van der Waals surface area contributed by atoms with E-state index in [-0.39, 0.29) is 77.4 Å². The molecule has 28 nitrogen and oxygen atoms in total. The molecule has 4 aromatic heterocycles. The number of likely N-dealkylation sites (tertiary alicyclic amines) is 1. The fourth-order valence-electron chi connectivity index (χ4n) is 13.5. The minimum atomic E-state index is -0.447. The van der Waals surface area contributed by atoms with Crippen molar-refractivity contribution < 1.29 is 48.5 Å². The van der Waals surface area contributed by atoms with Gasteiger partial charge in [0.1, 0.15) is 34.6 Å². The molecule has 17 rings (SSSR count). The number of H-pyrrole nitrogens is 4. The summed E-state index contributed by atoms with van der Waals surface area (Å²) in [5, 5.41) is 75.1. The number of aromatic amines is 4. The lowest BCUT2D eigenvalue weighted by atomic mass is 9.98. The number of carbonyl (C=O) groups excluding carboxylic acids is 6. The van der Waals surface area contributed by atoms with E-state index in [1.807, 2.05) is 153 Å². The van der Waals surface area contributed by atoms with E-state index in [0.29, 0.717) is 94.9 Å². The van der Waals surface area contributed by atoms with Gasteiger partial charge in [0.05, 0.1) is 51.4 Å². The number of fused-ring (bicyclic) bond motifs is 4. The molecule has 0 spiro atoms.